The Morgan fingerprint density at radius 1 is 1.05 bits per heavy atom. The normalized spacial score (nSPS) is 19.0. The summed E-state index contributed by atoms with van der Waals surface area (Å²) < 4.78 is 55.1. The number of hydrogen-bond donors (Lipinski definition) is 1. The van der Waals surface area contributed by atoms with Crippen molar-refractivity contribution in [2.75, 3.05) is 0 Å². The summed E-state index contributed by atoms with van der Waals surface area (Å²) in [6.07, 6.45) is 1.45. The van der Waals surface area contributed by atoms with E-state index in [-0.39, 0.29) is 31.3 Å². The van der Waals surface area contributed by atoms with Crippen LogP contribution in [0.15, 0.2) is 70.0 Å². The Balaban J connectivity index is 1.26. The van der Waals surface area contributed by atoms with Crippen molar-refractivity contribution in [1.29, 1.82) is 0 Å². The molecule has 2 fully saturated rings. The smallest absolute Gasteiger partial charge is 0.439 e. The molecule has 1 N–H and O–H groups in total. The van der Waals surface area contributed by atoms with Crippen molar-refractivity contribution in [2.24, 2.45) is 5.92 Å². The summed E-state index contributed by atoms with van der Waals surface area (Å²) in [5.41, 5.74) is 6.76. The Morgan fingerprint density at radius 2 is 1.86 bits per heavy atom. The lowest BCUT2D eigenvalue weighted by atomic mass is 9.80. The van der Waals surface area contributed by atoms with Gasteiger partial charge >= 0.3 is 5.76 Å². The highest BCUT2D eigenvalue weighted by Gasteiger charge is 2.48. The van der Waals surface area contributed by atoms with Crippen LogP contribution >= 0.6 is 0 Å². The summed E-state index contributed by atoms with van der Waals surface area (Å²) >= 11 is 0. The van der Waals surface area contributed by atoms with Gasteiger partial charge < -0.3 is 9.30 Å². The molecule has 2 aliphatic carbocycles. The Bertz CT molecular complexity index is 1960. The van der Waals surface area contributed by atoms with Gasteiger partial charge in [0.1, 0.15) is 24.0 Å². The molecule has 2 saturated carbocycles. The fourth-order valence-electron chi connectivity index (χ4n) is 6.35. The average molecular weight is 571 g/mol. The van der Waals surface area contributed by atoms with Crippen LogP contribution in [-0.2, 0) is 13.2 Å². The molecule has 0 bridgehead atoms. The minimum absolute atomic E-state index is 0.157. The van der Waals surface area contributed by atoms with E-state index in [2.05, 4.69) is 10.1 Å². The molecule has 0 unspecified atom stereocenters. The zero-order valence-electron chi connectivity index (χ0n) is 22.4. The molecule has 0 saturated heterocycles. The molecule has 3 aliphatic rings. The maximum absolute atomic E-state index is 14.3. The first-order chi connectivity index (χ1) is 20.3. The molecule has 7 nitrogen and oxygen atoms in total. The summed E-state index contributed by atoms with van der Waals surface area (Å²) in [6, 6.07) is 18.2. The van der Waals surface area contributed by atoms with Crippen LogP contribution in [0.5, 0.6) is 5.75 Å². The quantitative estimate of drug-likeness (QED) is 0.255. The molecular formula is C32H25F3N4O3. The number of H-pyrrole nitrogens is 1. The number of para-hydroxylation sites is 2. The number of aromatic nitrogens is 4. The van der Waals surface area contributed by atoms with Crippen molar-refractivity contribution in [3.8, 4) is 5.75 Å². The van der Waals surface area contributed by atoms with Crippen molar-refractivity contribution in [1.82, 2.24) is 19.7 Å². The van der Waals surface area contributed by atoms with Crippen LogP contribution in [-0.4, -0.2) is 25.6 Å². The molecule has 0 amide bonds. The summed E-state index contributed by atoms with van der Waals surface area (Å²) in [7, 11) is 0. The molecule has 5 aromatic rings. The number of rotatable bonds is 5. The fourth-order valence-corrected chi connectivity index (χ4v) is 6.35. The number of hydrogen-bond acceptors (Lipinski definition) is 5. The third-order valence-electron chi connectivity index (χ3n) is 8.47. The maximum Gasteiger partial charge on any atom is 0.439 e. The highest BCUT2D eigenvalue weighted by atomic mass is 19.3. The summed E-state index contributed by atoms with van der Waals surface area (Å²) in [4.78, 5) is 19.4. The van der Waals surface area contributed by atoms with E-state index in [1.54, 1.807) is 6.07 Å². The number of fused-ring (bicyclic) bond motifs is 3. The monoisotopic (exact) mass is 570 g/mol. The Labute approximate surface area is 237 Å². The molecule has 0 radical (unpaired) electrons. The molecule has 10 heteroatoms. The highest BCUT2D eigenvalue weighted by Crippen LogP contribution is 2.50. The first-order valence-corrected chi connectivity index (χ1v) is 14.0. The number of nitrogens with one attached hydrogen (secondary N) is 1. The number of nitrogens with zero attached hydrogens (tertiary/aromatic N) is 3. The van der Waals surface area contributed by atoms with Crippen LogP contribution in [0.25, 0.3) is 22.2 Å². The van der Waals surface area contributed by atoms with Gasteiger partial charge in [-0.05, 0) is 65.8 Å². The second-order valence-corrected chi connectivity index (χ2v) is 11.4. The number of allylic oxidation sites excluding steroid dienone is 1. The number of ether oxygens (including phenoxy) is 1. The molecule has 1 aliphatic heterocycles. The fraction of sp³-hybridized carbons (Fsp3) is 0.281. The van der Waals surface area contributed by atoms with Gasteiger partial charge in [0, 0.05) is 48.1 Å². The first-order valence-electron chi connectivity index (χ1n) is 14.0. The van der Waals surface area contributed by atoms with Crippen LogP contribution in [0.3, 0.4) is 0 Å². The minimum atomic E-state index is -2.65. The molecular weight excluding hydrogens is 545 g/mol. The number of benzene rings is 3. The third kappa shape index (κ3) is 4.24. The highest BCUT2D eigenvalue weighted by molar-refractivity contribution is 6.01. The zero-order chi connectivity index (χ0) is 28.6. The van der Waals surface area contributed by atoms with Crippen molar-refractivity contribution in [2.45, 2.75) is 50.7 Å². The molecule has 2 aromatic heterocycles. The van der Waals surface area contributed by atoms with Gasteiger partial charge in [-0.15, -0.1) is 0 Å². The van der Waals surface area contributed by atoms with Crippen LogP contribution in [0, 0.1) is 11.7 Å². The van der Waals surface area contributed by atoms with E-state index in [1.807, 2.05) is 47.0 Å². The third-order valence-corrected chi connectivity index (χ3v) is 8.47. The van der Waals surface area contributed by atoms with E-state index in [0.29, 0.717) is 29.5 Å². The van der Waals surface area contributed by atoms with Crippen molar-refractivity contribution < 1.29 is 22.4 Å². The van der Waals surface area contributed by atoms with Crippen LogP contribution in [0.4, 0.5) is 13.2 Å². The van der Waals surface area contributed by atoms with Crippen LogP contribution in [0.1, 0.15) is 65.5 Å². The topological polar surface area (TPSA) is 85.9 Å². The second-order valence-electron chi connectivity index (χ2n) is 11.4. The van der Waals surface area contributed by atoms with E-state index in [4.69, 9.17) is 14.2 Å². The lowest BCUT2D eigenvalue weighted by Crippen LogP contribution is -2.35. The molecule has 212 valence electrons. The number of alkyl halides is 2. The van der Waals surface area contributed by atoms with Crippen molar-refractivity contribution in [3.63, 3.8) is 0 Å². The lowest BCUT2D eigenvalue weighted by molar-refractivity contribution is -0.0889. The molecule has 0 spiro atoms. The van der Waals surface area contributed by atoms with E-state index < -0.39 is 17.5 Å². The molecule has 3 aromatic carbocycles. The molecule has 8 rings (SSSR count). The lowest BCUT2D eigenvalue weighted by Gasteiger charge is -2.34. The SMILES string of the molecule is O=c1[nH]c(C(=C2c3ccc(Cn4c(C5CC(F)(F)C5)nc5ccccc54)cc3COc3cc(F)ccc32)C2CC2)no1. The Hall–Kier alpha value is -4.60. The van der Waals surface area contributed by atoms with Crippen LogP contribution < -0.4 is 10.5 Å². The van der Waals surface area contributed by atoms with Gasteiger partial charge in [-0.2, -0.15) is 0 Å². The zero-order valence-corrected chi connectivity index (χ0v) is 22.4. The van der Waals surface area contributed by atoms with E-state index in [0.717, 1.165) is 51.7 Å². The summed E-state index contributed by atoms with van der Waals surface area (Å²) in [5, 5.41) is 4.01. The van der Waals surface area contributed by atoms with Gasteiger partial charge in [-0.25, -0.2) is 22.9 Å². The predicted molar refractivity (Wildman–Crippen MR) is 149 cm³/mol. The maximum atomic E-state index is 14.3. The molecule has 3 heterocycles. The van der Waals surface area contributed by atoms with Gasteiger partial charge in [0.25, 0.3) is 0 Å². The van der Waals surface area contributed by atoms with E-state index in [9.17, 15) is 18.0 Å². The van der Waals surface area contributed by atoms with Crippen molar-refractivity contribution in [3.05, 3.63) is 111 Å². The summed E-state index contributed by atoms with van der Waals surface area (Å²) in [6.45, 7) is 0.640. The molecule has 42 heavy (non-hydrogen) atoms. The number of imidazole rings is 1. The summed E-state index contributed by atoms with van der Waals surface area (Å²) in [5.74, 6) is -2.43. The van der Waals surface area contributed by atoms with Gasteiger partial charge in [-0.3, -0.25) is 9.51 Å². The minimum Gasteiger partial charge on any atom is -0.488 e. The van der Waals surface area contributed by atoms with Gasteiger partial charge in [0.2, 0.25) is 5.92 Å². The van der Waals surface area contributed by atoms with E-state index in [1.165, 1.54) is 12.1 Å². The largest absolute Gasteiger partial charge is 0.488 e. The standard InChI is InChI=1S/C32H25F3N4O3/c33-21-8-10-23-26(12-21)41-16-19-11-17(5-9-22(19)28(23)27(18-6-7-18)29-37-31(40)42-38-29)15-39-25-4-2-1-3-24(25)36-30(39)20-13-32(34,35)14-20/h1-5,8-12,18,20H,6-7,13-16H2,(H,37,38,40). The van der Waals surface area contributed by atoms with Gasteiger partial charge in [-0.1, -0.05) is 29.4 Å². The predicted octanol–water partition coefficient (Wildman–Crippen LogP) is 6.67. The van der Waals surface area contributed by atoms with Gasteiger partial charge in [0.15, 0.2) is 5.82 Å². The number of halogens is 3. The number of aromatic amines is 1. The second kappa shape index (κ2) is 9.20. The van der Waals surface area contributed by atoms with E-state index >= 15 is 0 Å². The van der Waals surface area contributed by atoms with Gasteiger partial charge in [0.05, 0.1) is 11.0 Å². The Kier molecular flexibility index (Phi) is 5.51. The van der Waals surface area contributed by atoms with Crippen LogP contribution in [0.2, 0.25) is 0 Å². The average Bonchev–Trinajstić information content (AvgIpc) is 3.64. The first kappa shape index (κ1) is 25.1. The Morgan fingerprint density at radius 3 is 2.62 bits per heavy atom. The molecule has 0 atom stereocenters. The van der Waals surface area contributed by atoms with Crippen molar-refractivity contribution >= 4 is 22.2 Å².